The Labute approximate surface area is 170 Å². The van der Waals surface area contributed by atoms with E-state index in [0.29, 0.717) is 32.1 Å². The van der Waals surface area contributed by atoms with Crippen molar-refractivity contribution in [3.63, 3.8) is 0 Å². The lowest BCUT2D eigenvalue weighted by molar-refractivity contribution is -0.160. The quantitative estimate of drug-likeness (QED) is 0.733. The van der Waals surface area contributed by atoms with E-state index in [1.807, 2.05) is 17.2 Å². The average Bonchev–Trinajstić information content (AvgIpc) is 3.10. The molecule has 4 bridgehead atoms. The molecule has 150 valence electrons. The Bertz CT molecular complexity index is 771. The molecular weight excluding hydrogens is 370 g/mol. The first kappa shape index (κ1) is 18.3. The maximum Gasteiger partial charge on any atom is 0.246 e. The second kappa shape index (κ2) is 6.97. The Kier molecular flexibility index (Phi) is 4.57. The molecule has 5 nitrogen and oxygen atoms in total. The monoisotopic (exact) mass is 399 g/mol. The lowest BCUT2D eigenvalue weighted by Crippen LogP contribution is -2.58. The first-order valence-electron chi connectivity index (χ1n) is 10.7. The van der Waals surface area contributed by atoms with Crippen molar-refractivity contribution in [1.82, 2.24) is 14.8 Å². The van der Waals surface area contributed by atoms with Crippen LogP contribution < -0.4 is 0 Å². The van der Waals surface area contributed by atoms with Crippen LogP contribution in [0.4, 0.5) is 0 Å². The van der Waals surface area contributed by atoms with Crippen molar-refractivity contribution < 1.29 is 9.59 Å². The number of carbonyl (C=O) groups excluding carboxylic acids is 2. The largest absolute Gasteiger partial charge is 0.339 e. The highest BCUT2D eigenvalue weighted by molar-refractivity contribution is 7.09. The van der Waals surface area contributed by atoms with Crippen LogP contribution in [0.15, 0.2) is 11.5 Å². The average molecular weight is 400 g/mol. The van der Waals surface area contributed by atoms with Crippen molar-refractivity contribution in [3.05, 3.63) is 22.2 Å². The van der Waals surface area contributed by atoms with E-state index >= 15 is 0 Å². The molecule has 28 heavy (non-hydrogen) atoms. The number of aromatic nitrogens is 1. The van der Waals surface area contributed by atoms with Crippen molar-refractivity contribution in [2.75, 3.05) is 26.2 Å². The summed E-state index contributed by atoms with van der Waals surface area (Å²) in [6, 6.07) is 0. The molecule has 4 saturated carbocycles. The van der Waals surface area contributed by atoms with Crippen molar-refractivity contribution in [3.8, 4) is 0 Å². The molecule has 2 amide bonds. The SMILES string of the molecule is Cc1nc(/C=C/C(=O)N2CCN(C(=O)C34CC5CC(CC(C5)C3)C4)CC2)cs1. The number of hydrogen-bond donors (Lipinski definition) is 0. The number of nitrogens with zero attached hydrogens (tertiary/aromatic N) is 3. The predicted molar refractivity (Wildman–Crippen MR) is 110 cm³/mol. The number of carbonyl (C=O) groups is 2. The lowest BCUT2D eigenvalue weighted by atomic mass is 9.49. The zero-order valence-electron chi connectivity index (χ0n) is 16.6. The third-order valence-electron chi connectivity index (χ3n) is 7.40. The Balaban J connectivity index is 1.18. The molecule has 0 atom stereocenters. The summed E-state index contributed by atoms with van der Waals surface area (Å²) in [5.41, 5.74) is 0.773. The summed E-state index contributed by atoms with van der Waals surface area (Å²) in [6.07, 6.45) is 10.8. The minimum Gasteiger partial charge on any atom is -0.339 e. The highest BCUT2D eigenvalue weighted by atomic mass is 32.1. The number of thiazole rings is 1. The molecule has 5 fully saturated rings. The van der Waals surface area contributed by atoms with Crippen LogP contribution in [0.2, 0.25) is 0 Å². The molecule has 4 aliphatic carbocycles. The van der Waals surface area contributed by atoms with Gasteiger partial charge in [0.1, 0.15) is 0 Å². The summed E-state index contributed by atoms with van der Waals surface area (Å²) < 4.78 is 0. The summed E-state index contributed by atoms with van der Waals surface area (Å²) in [6.45, 7) is 4.59. The Morgan fingerprint density at radius 3 is 2.14 bits per heavy atom. The molecule has 1 aliphatic heterocycles. The molecule has 0 aromatic carbocycles. The summed E-state index contributed by atoms with van der Waals surface area (Å²) in [4.78, 5) is 34.2. The summed E-state index contributed by atoms with van der Waals surface area (Å²) in [5, 5.41) is 2.96. The minimum atomic E-state index is -0.0662. The number of hydrogen-bond acceptors (Lipinski definition) is 4. The molecule has 2 heterocycles. The molecule has 5 aliphatic rings. The Hall–Kier alpha value is -1.69. The van der Waals surface area contributed by atoms with Crippen molar-refractivity contribution >= 4 is 29.2 Å². The number of amides is 2. The fraction of sp³-hybridized carbons (Fsp3) is 0.682. The van der Waals surface area contributed by atoms with Crippen LogP contribution in [0, 0.1) is 30.1 Å². The molecule has 6 rings (SSSR count). The first-order chi connectivity index (χ1) is 13.5. The molecule has 1 aromatic heterocycles. The van der Waals surface area contributed by atoms with Crippen LogP contribution in [0.25, 0.3) is 6.08 Å². The Morgan fingerprint density at radius 2 is 1.61 bits per heavy atom. The van der Waals surface area contributed by atoms with Gasteiger partial charge >= 0.3 is 0 Å². The zero-order valence-corrected chi connectivity index (χ0v) is 17.4. The molecule has 0 N–H and O–H groups in total. The molecule has 0 spiro atoms. The van der Waals surface area contributed by atoms with E-state index in [1.165, 1.54) is 19.3 Å². The van der Waals surface area contributed by atoms with Crippen molar-refractivity contribution in [2.24, 2.45) is 23.2 Å². The molecular formula is C22H29N3O2S. The van der Waals surface area contributed by atoms with Crippen LogP contribution in [-0.2, 0) is 9.59 Å². The van der Waals surface area contributed by atoms with Gasteiger partial charge in [0, 0.05) is 37.6 Å². The highest BCUT2D eigenvalue weighted by Crippen LogP contribution is 2.60. The lowest BCUT2D eigenvalue weighted by Gasteiger charge is -2.57. The minimum absolute atomic E-state index is 0.0209. The molecule has 1 saturated heterocycles. The second-order valence-electron chi connectivity index (χ2n) is 9.44. The number of aryl methyl sites for hydroxylation is 1. The molecule has 1 aromatic rings. The van der Waals surface area contributed by atoms with E-state index in [9.17, 15) is 9.59 Å². The third kappa shape index (κ3) is 3.30. The van der Waals surface area contributed by atoms with Gasteiger partial charge in [-0.25, -0.2) is 4.98 Å². The van der Waals surface area contributed by atoms with Gasteiger partial charge in [-0.05, 0) is 69.3 Å². The zero-order chi connectivity index (χ0) is 19.3. The smallest absolute Gasteiger partial charge is 0.246 e. The van der Waals surface area contributed by atoms with Gasteiger partial charge < -0.3 is 9.80 Å². The highest BCUT2D eigenvalue weighted by Gasteiger charge is 2.55. The predicted octanol–water partition coefficient (Wildman–Crippen LogP) is 3.35. The van der Waals surface area contributed by atoms with E-state index in [-0.39, 0.29) is 11.3 Å². The fourth-order valence-corrected chi connectivity index (χ4v) is 7.14. The van der Waals surface area contributed by atoms with Crippen LogP contribution in [0.5, 0.6) is 0 Å². The second-order valence-corrected chi connectivity index (χ2v) is 10.5. The maximum absolute atomic E-state index is 13.4. The van der Waals surface area contributed by atoms with Gasteiger partial charge in [-0.2, -0.15) is 0 Å². The van der Waals surface area contributed by atoms with Crippen molar-refractivity contribution in [1.29, 1.82) is 0 Å². The Morgan fingerprint density at radius 1 is 1.04 bits per heavy atom. The van der Waals surface area contributed by atoms with E-state index < -0.39 is 0 Å². The van der Waals surface area contributed by atoms with Crippen LogP contribution in [0.3, 0.4) is 0 Å². The van der Waals surface area contributed by atoms with E-state index in [2.05, 4.69) is 9.88 Å². The first-order valence-corrected chi connectivity index (χ1v) is 11.6. The van der Waals surface area contributed by atoms with Gasteiger partial charge in [-0.3, -0.25) is 9.59 Å². The standard InChI is InChI=1S/C22H29N3O2S/c1-15-23-19(14-28-15)2-3-20(26)24-4-6-25(7-5-24)21(27)22-11-16-8-17(12-22)10-18(9-16)13-22/h2-3,14,16-18H,4-13H2,1H3/b3-2+. The normalized spacial score (nSPS) is 34.4. The van der Waals surface area contributed by atoms with E-state index in [1.54, 1.807) is 23.5 Å². The van der Waals surface area contributed by atoms with Crippen LogP contribution in [0.1, 0.15) is 49.2 Å². The summed E-state index contributed by atoms with van der Waals surface area (Å²) in [5.74, 6) is 2.78. The summed E-state index contributed by atoms with van der Waals surface area (Å²) in [7, 11) is 0. The van der Waals surface area contributed by atoms with Gasteiger partial charge in [-0.1, -0.05) is 0 Å². The number of piperazine rings is 1. The molecule has 0 unspecified atom stereocenters. The van der Waals surface area contributed by atoms with Gasteiger partial charge in [-0.15, -0.1) is 11.3 Å². The van der Waals surface area contributed by atoms with Crippen LogP contribution in [-0.4, -0.2) is 52.8 Å². The summed E-state index contributed by atoms with van der Waals surface area (Å²) >= 11 is 1.59. The maximum atomic E-state index is 13.4. The number of rotatable bonds is 3. The van der Waals surface area contributed by atoms with Crippen molar-refractivity contribution in [2.45, 2.75) is 45.4 Å². The van der Waals surface area contributed by atoms with Crippen LogP contribution >= 0.6 is 11.3 Å². The van der Waals surface area contributed by atoms with Gasteiger partial charge in [0.05, 0.1) is 16.1 Å². The third-order valence-corrected chi connectivity index (χ3v) is 8.20. The molecule has 0 radical (unpaired) electrons. The van der Waals surface area contributed by atoms with Gasteiger partial charge in [0.25, 0.3) is 0 Å². The van der Waals surface area contributed by atoms with Gasteiger partial charge in [0.2, 0.25) is 11.8 Å². The van der Waals surface area contributed by atoms with E-state index in [0.717, 1.165) is 47.7 Å². The van der Waals surface area contributed by atoms with Gasteiger partial charge in [0.15, 0.2) is 0 Å². The van der Waals surface area contributed by atoms with E-state index in [4.69, 9.17) is 0 Å². The fourth-order valence-electron chi connectivity index (χ4n) is 6.56. The topological polar surface area (TPSA) is 53.5 Å². The molecule has 6 heteroatoms.